The molecule has 5 nitrogen and oxygen atoms in total. The van der Waals surface area contributed by atoms with Crippen LogP contribution in [0.25, 0.3) is 0 Å². The normalized spacial score (nSPS) is 30.6. The molecule has 3 fully saturated rings. The largest absolute Gasteiger partial charge is 0.392 e. The van der Waals surface area contributed by atoms with Crippen LogP contribution in [-0.4, -0.2) is 60.8 Å². The van der Waals surface area contributed by atoms with Gasteiger partial charge in [-0.05, 0) is 56.7 Å². The van der Waals surface area contributed by atoms with Crippen molar-refractivity contribution in [1.29, 1.82) is 0 Å². The molecule has 0 radical (unpaired) electrons. The number of aryl methyl sites for hydroxylation is 1. The van der Waals surface area contributed by atoms with Crippen LogP contribution >= 0.6 is 11.6 Å². The molecule has 3 aliphatic rings. The van der Waals surface area contributed by atoms with Gasteiger partial charge in [0.15, 0.2) is 0 Å². The summed E-state index contributed by atoms with van der Waals surface area (Å²) in [6, 6.07) is 6.79. The topological polar surface area (TPSA) is 55.8 Å². The maximum Gasteiger partial charge on any atom is 0.230 e. The predicted molar refractivity (Wildman–Crippen MR) is 108 cm³/mol. The van der Waals surface area contributed by atoms with E-state index < -0.39 is 11.5 Å². The van der Waals surface area contributed by atoms with Crippen molar-refractivity contribution in [2.75, 3.05) is 37.6 Å². The Morgan fingerprint density at radius 3 is 2.70 bits per heavy atom. The third-order valence-corrected chi connectivity index (χ3v) is 7.26. The first kappa shape index (κ1) is 19.0. The van der Waals surface area contributed by atoms with Crippen molar-refractivity contribution in [2.24, 2.45) is 5.41 Å². The van der Waals surface area contributed by atoms with Crippen molar-refractivity contribution in [3.63, 3.8) is 0 Å². The van der Waals surface area contributed by atoms with E-state index in [1.165, 1.54) is 5.69 Å². The molecular formula is C21H30ClN3O2. The molecule has 6 heteroatoms. The number of aliphatic hydroxyl groups is 1. The first-order chi connectivity index (χ1) is 13.0. The van der Waals surface area contributed by atoms with E-state index in [0.717, 1.165) is 62.4 Å². The lowest BCUT2D eigenvalue weighted by Crippen LogP contribution is -2.63. The number of piperidine rings is 3. The van der Waals surface area contributed by atoms with Gasteiger partial charge in [-0.15, -0.1) is 0 Å². The van der Waals surface area contributed by atoms with Crippen LogP contribution in [0.15, 0.2) is 18.2 Å². The molecule has 0 bridgehead atoms. The molecule has 4 rings (SSSR count). The Labute approximate surface area is 166 Å². The molecular weight excluding hydrogens is 362 g/mol. The molecule has 0 aromatic heterocycles. The van der Waals surface area contributed by atoms with E-state index in [1.807, 2.05) is 6.92 Å². The summed E-state index contributed by atoms with van der Waals surface area (Å²) >= 11 is 6.30. The SMILES string of the molecule is Cc1ccc(N2CCC(N3CC[C@@H](O)[C@@]4(CCCNC4=O)C3)CC2)cc1Cl. The minimum atomic E-state index is -0.599. The van der Waals surface area contributed by atoms with Crippen LogP contribution in [0.5, 0.6) is 0 Å². The highest BCUT2D eigenvalue weighted by Crippen LogP contribution is 2.39. The van der Waals surface area contributed by atoms with Gasteiger partial charge in [0.25, 0.3) is 0 Å². The van der Waals surface area contributed by atoms with Gasteiger partial charge >= 0.3 is 0 Å². The summed E-state index contributed by atoms with van der Waals surface area (Å²) in [6.45, 7) is 6.36. The van der Waals surface area contributed by atoms with Gasteiger partial charge < -0.3 is 15.3 Å². The van der Waals surface area contributed by atoms with Crippen LogP contribution in [0.3, 0.4) is 0 Å². The summed E-state index contributed by atoms with van der Waals surface area (Å²) in [6.07, 6.45) is 4.11. The van der Waals surface area contributed by atoms with Gasteiger partial charge in [0.2, 0.25) is 5.91 Å². The maximum atomic E-state index is 12.6. The lowest BCUT2D eigenvalue weighted by Gasteiger charge is -2.50. The van der Waals surface area contributed by atoms with E-state index in [2.05, 4.69) is 33.3 Å². The first-order valence-corrected chi connectivity index (χ1v) is 10.6. The Hall–Kier alpha value is -1.30. The van der Waals surface area contributed by atoms with Crippen molar-refractivity contribution in [2.45, 2.75) is 51.2 Å². The minimum Gasteiger partial charge on any atom is -0.392 e. The van der Waals surface area contributed by atoms with Crippen molar-refractivity contribution < 1.29 is 9.90 Å². The molecule has 0 unspecified atom stereocenters. The third kappa shape index (κ3) is 3.57. The van der Waals surface area contributed by atoms with E-state index in [-0.39, 0.29) is 5.91 Å². The standard InChI is InChI=1S/C21H30ClN3O2/c1-15-3-4-17(13-18(15)22)24-10-5-16(6-11-24)25-12-7-19(26)21(14-25)8-2-9-23-20(21)27/h3-4,13,16,19,26H,2,5-12,14H2,1H3,(H,23,27)/t19-,21-/m1/s1. The van der Waals surface area contributed by atoms with E-state index in [0.29, 0.717) is 19.0 Å². The lowest BCUT2D eigenvalue weighted by atomic mass is 9.71. The van der Waals surface area contributed by atoms with Gasteiger partial charge in [0.1, 0.15) is 0 Å². The average molecular weight is 392 g/mol. The van der Waals surface area contributed by atoms with Gasteiger partial charge in [-0.3, -0.25) is 9.69 Å². The molecule has 148 valence electrons. The van der Waals surface area contributed by atoms with Gasteiger partial charge in [0, 0.05) is 49.5 Å². The average Bonchev–Trinajstić information content (AvgIpc) is 2.68. The van der Waals surface area contributed by atoms with E-state index in [4.69, 9.17) is 11.6 Å². The Kier molecular flexibility index (Phi) is 5.36. The fourth-order valence-corrected chi connectivity index (χ4v) is 5.23. The molecule has 0 saturated carbocycles. The second kappa shape index (κ2) is 7.61. The predicted octanol–water partition coefficient (Wildman–Crippen LogP) is 2.58. The van der Waals surface area contributed by atoms with Crippen LogP contribution in [0.4, 0.5) is 5.69 Å². The quantitative estimate of drug-likeness (QED) is 0.813. The van der Waals surface area contributed by atoms with E-state index in [9.17, 15) is 9.90 Å². The van der Waals surface area contributed by atoms with Gasteiger partial charge in [0.05, 0.1) is 11.5 Å². The van der Waals surface area contributed by atoms with Gasteiger partial charge in [-0.1, -0.05) is 17.7 Å². The smallest absolute Gasteiger partial charge is 0.230 e. The summed E-state index contributed by atoms with van der Waals surface area (Å²) in [5.41, 5.74) is 1.71. The van der Waals surface area contributed by atoms with Crippen LogP contribution < -0.4 is 10.2 Å². The van der Waals surface area contributed by atoms with Gasteiger partial charge in [-0.25, -0.2) is 0 Å². The molecule has 0 aliphatic carbocycles. The number of benzene rings is 1. The molecule has 1 aromatic carbocycles. The Morgan fingerprint density at radius 1 is 1.22 bits per heavy atom. The highest BCUT2D eigenvalue weighted by molar-refractivity contribution is 6.31. The third-order valence-electron chi connectivity index (χ3n) is 6.85. The maximum absolute atomic E-state index is 12.6. The summed E-state index contributed by atoms with van der Waals surface area (Å²) in [5.74, 6) is 0.0534. The van der Waals surface area contributed by atoms with Crippen LogP contribution in [-0.2, 0) is 4.79 Å². The Balaban J connectivity index is 1.40. The Morgan fingerprint density at radius 2 is 2.00 bits per heavy atom. The molecule has 1 spiro atoms. The molecule has 2 atom stereocenters. The fourth-order valence-electron chi connectivity index (χ4n) is 5.05. The molecule has 3 saturated heterocycles. The summed E-state index contributed by atoms with van der Waals surface area (Å²) in [7, 11) is 0. The number of hydrogen-bond donors (Lipinski definition) is 2. The van der Waals surface area contributed by atoms with E-state index >= 15 is 0 Å². The molecule has 3 aliphatic heterocycles. The zero-order valence-electron chi connectivity index (χ0n) is 16.1. The summed E-state index contributed by atoms with van der Waals surface area (Å²) < 4.78 is 0. The number of anilines is 1. The first-order valence-electron chi connectivity index (χ1n) is 10.2. The number of carbonyl (C=O) groups excluding carboxylic acids is 1. The second-order valence-electron chi connectivity index (χ2n) is 8.44. The second-order valence-corrected chi connectivity index (χ2v) is 8.85. The van der Waals surface area contributed by atoms with Crippen LogP contribution in [0, 0.1) is 12.3 Å². The lowest BCUT2D eigenvalue weighted by molar-refractivity contribution is -0.150. The summed E-state index contributed by atoms with van der Waals surface area (Å²) in [4.78, 5) is 17.5. The number of rotatable bonds is 2. The number of amides is 1. The monoisotopic (exact) mass is 391 g/mol. The van der Waals surface area contributed by atoms with Crippen molar-refractivity contribution in [1.82, 2.24) is 10.2 Å². The molecule has 27 heavy (non-hydrogen) atoms. The number of carbonyl (C=O) groups is 1. The van der Waals surface area contributed by atoms with Crippen molar-refractivity contribution in [3.05, 3.63) is 28.8 Å². The molecule has 1 aromatic rings. The number of nitrogens with one attached hydrogen (secondary N) is 1. The Bertz CT molecular complexity index is 705. The fraction of sp³-hybridized carbons (Fsp3) is 0.667. The number of hydrogen-bond acceptors (Lipinski definition) is 4. The highest BCUT2D eigenvalue weighted by atomic mass is 35.5. The molecule has 2 N–H and O–H groups in total. The zero-order valence-corrected chi connectivity index (χ0v) is 16.8. The number of halogens is 1. The van der Waals surface area contributed by atoms with Crippen LogP contribution in [0.1, 0.15) is 37.7 Å². The highest BCUT2D eigenvalue weighted by Gasteiger charge is 2.50. The van der Waals surface area contributed by atoms with Gasteiger partial charge in [-0.2, -0.15) is 0 Å². The number of likely N-dealkylation sites (tertiary alicyclic amines) is 1. The summed E-state index contributed by atoms with van der Waals surface area (Å²) in [5, 5.41) is 14.4. The number of nitrogens with zero attached hydrogens (tertiary/aromatic N) is 2. The van der Waals surface area contributed by atoms with E-state index in [1.54, 1.807) is 0 Å². The van der Waals surface area contributed by atoms with Crippen molar-refractivity contribution in [3.8, 4) is 0 Å². The minimum absolute atomic E-state index is 0.0534. The zero-order chi connectivity index (χ0) is 19.0. The molecule has 3 heterocycles. The molecule has 1 amide bonds. The van der Waals surface area contributed by atoms with Crippen LogP contribution in [0.2, 0.25) is 5.02 Å². The van der Waals surface area contributed by atoms with Crippen molar-refractivity contribution >= 4 is 23.2 Å². The number of aliphatic hydroxyl groups excluding tert-OH is 1.